The molecule has 0 spiro atoms. The summed E-state index contributed by atoms with van der Waals surface area (Å²) in [6, 6.07) is 4.17. The number of nitro groups is 1. The van der Waals surface area contributed by atoms with Crippen LogP contribution in [0.4, 0.5) is 20.2 Å². The summed E-state index contributed by atoms with van der Waals surface area (Å²) in [5, 5.41) is 21.3. The van der Waals surface area contributed by atoms with E-state index < -0.39 is 24.0 Å². The quantitative estimate of drug-likeness (QED) is 0.615. The van der Waals surface area contributed by atoms with Gasteiger partial charge in [-0.2, -0.15) is 0 Å². The van der Waals surface area contributed by atoms with Crippen LogP contribution in [0, 0.1) is 17.0 Å². The Labute approximate surface area is 96.2 Å². The van der Waals surface area contributed by atoms with Crippen LogP contribution >= 0.6 is 0 Å². The topological polar surface area (TPSA) is 75.4 Å². The lowest BCUT2D eigenvalue weighted by atomic mass is 10.2. The van der Waals surface area contributed by atoms with Gasteiger partial charge in [-0.05, 0) is 18.6 Å². The summed E-state index contributed by atoms with van der Waals surface area (Å²) < 4.78 is 25.6. The lowest BCUT2D eigenvalue weighted by molar-refractivity contribution is -0.384. The molecule has 0 amide bonds. The number of nitrogens with one attached hydrogen (secondary N) is 1. The van der Waals surface area contributed by atoms with Crippen LogP contribution in [0.15, 0.2) is 18.2 Å². The molecule has 0 fully saturated rings. The minimum Gasteiger partial charge on any atom is -0.390 e. The van der Waals surface area contributed by atoms with E-state index in [4.69, 9.17) is 5.11 Å². The number of nitro benzene ring substituents is 1. The van der Waals surface area contributed by atoms with E-state index in [1.165, 1.54) is 18.2 Å². The fourth-order valence-corrected chi connectivity index (χ4v) is 1.23. The molecule has 0 unspecified atom stereocenters. The van der Waals surface area contributed by atoms with Crippen molar-refractivity contribution in [3.8, 4) is 0 Å². The van der Waals surface area contributed by atoms with Gasteiger partial charge >= 0.3 is 0 Å². The van der Waals surface area contributed by atoms with Crippen molar-refractivity contribution in [2.24, 2.45) is 0 Å². The zero-order valence-corrected chi connectivity index (χ0v) is 9.11. The van der Waals surface area contributed by atoms with Gasteiger partial charge in [0.1, 0.15) is 12.3 Å². The van der Waals surface area contributed by atoms with Crippen molar-refractivity contribution in [3.05, 3.63) is 33.9 Å². The van der Waals surface area contributed by atoms with Crippen LogP contribution in [-0.4, -0.2) is 29.1 Å². The molecule has 0 saturated heterocycles. The molecule has 17 heavy (non-hydrogen) atoms. The predicted octanol–water partition coefficient (Wildman–Crippen LogP) is 1.94. The fourth-order valence-electron chi connectivity index (χ4n) is 1.23. The number of halogens is 2. The molecule has 1 aromatic rings. The molecule has 1 aromatic carbocycles. The van der Waals surface area contributed by atoms with Gasteiger partial charge in [0, 0.05) is 6.07 Å². The number of benzene rings is 1. The molecule has 1 rings (SSSR count). The number of rotatable bonds is 5. The number of aliphatic hydroxyl groups excluding tert-OH is 1. The molecular formula is C10H12F2N2O3. The molecule has 0 atom stereocenters. The van der Waals surface area contributed by atoms with E-state index in [1.54, 1.807) is 6.92 Å². The fraction of sp³-hybridized carbons (Fsp3) is 0.400. The van der Waals surface area contributed by atoms with Crippen molar-refractivity contribution in [2.45, 2.75) is 12.8 Å². The summed E-state index contributed by atoms with van der Waals surface area (Å²) in [7, 11) is 0. The molecule has 0 aliphatic rings. The first kappa shape index (κ1) is 13.3. The summed E-state index contributed by atoms with van der Waals surface area (Å²) in [4.78, 5) is 10.0. The highest BCUT2D eigenvalue weighted by atomic mass is 19.3. The highest BCUT2D eigenvalue weighted by Crippen LogP contribution is 2.26. The Kier molecular flexibility index (Phi) is 3.95. The Morgan fingerprint density at radius 1 is 1.53 bits per heavy atom. The summed E-state index contributed by atoms with van der Waals surface area (Å²) in [5.74, 6) is -3.31. The van der Waals surface area contributed by atoms with Gasteiger partial charge in [-0.25, -0.2) is 8.78 Å². The van der Waals surface area contributed by atoms with Gasteiger partial charge in [-0.1, -0.05) is 6.07 Å². The Bertz CT molecular complexity index is 424. The maximum atomic E-state index is 12.8. The molecule has 0 saturated carbocycles. The highest BCUT2D eigenvalue weighted by Gasteiger charge is 2.28. The number of hydrogen-bond donors (Lipinski definition) is 2. The third kappa shape index (κ3) is 3.63. The molecule has 2 N–H and O–H groups in total. The summed E-state index contributed by atoms with van der Waals surface area (Å²) in [5.41, 5.74) is 0.456. The van der Waals surface area contributed by atoms with Crippen LogP contribution in [0.1, 0.15) is 5.56 Å². The van der Waals surface area contributed by atoms with E-state index in [-0.39, 0.29) is 11.4 Å². The third-order valence-electron chi connectivity index (χ3n) is 2.12. The zero-order chi connectivity index (χ0) is 13.1. The minimum absolute atomic E-state index is 0.0168. The summed E-state index contributed by atoms with van der Waals surface area (Å²) in [6.07, 6.45) is 0. The maximum absolute atomic E-state index is 12.8. The number of hydrogen-bond acceptors (Lipinski definition) is 4. The van der Waals surface area contributed by atoms with Crippen LogP contribution in [0.3, 0.4) is 0 Å². The normalized spacial score (nSPS) is 11.3. The van der Waals surface area contributed by atoms with E-state index >= 15 is 0 Å². The largest absolute Gasteiger partial charge is 0.390 e. The highest BCUT2D eigenvalue weighted by molar-refractivity contribution is 5.62. The van der Waals surface area contributed by atoms with Crippen LogP contribution in [0.5, 0.6) is 0 Å². The van der Waals surface area contributed by atoms with Gasteiger partial charge in [0.2, 0.25) is 0 Å². The summed E-state index contributed by atoms with van der Waals surface area (Å²) >= 11 is 0. The first-order chi connectivity index (χ1) is 7.85. The van der Waals surface area contributed by atoms with Gasteiger partial charge < -0.3 is 10.4 Å². The minimum atomic E-state index is -3.31. The molecule has 0 aromatic heterocycles. The molecule has 7 heteroatoms. The van der Waals surface area contributed by atoms with Crippen molar-refractivity contribution in [1.29, 1.82) is 0 Å². The third-order valence-corrected chi connectivity index (χ3v) is 2.12. The van der Waals surface area contributed by atoms with E-state index in [2.05, 4.69) is 5.32 Å². The molecule has 94 valence electrons. The molecule has 0 radical (unpaired) electrons. The summed E-state index contributed by atoms with van der Waals surface area (Å²) in [6.45, 7) is -0.466. The number of aliphatic hydroxyl groups is 1. The monoisotopic (exact) mass is 246 g/mol. The molecule has 0 bridgehead atoms. The second-order valence-electron chi connectivity index (χ2n) is 3.65. The second-order valence-corrected chi connectivity index (χ2v) is 3.65. The van der Waals surface area contributed by atoms with Crippen molar-refractivity contribution in [1.82, 2.24) is 0 Å². The molecule has 5 nitrogen and oxygen atoms in total. The Morgan fingerprint density at radius 3 is 2.71 bits per heavy atom. The Morgan fingerprint density at radius 2 is 2.18 bits per heavy atom. The number of aryl methyl sites for hydroxylation is 1. The zero-order valence-electron chi connectivity index (χ0n) is 9.11. The molecule has 0 aliphatic carbocycles. The van der Waals surface area contributed by atoms with Crippen molar-refractivity contribution in [3.63, 3.8) is 0 Å². The standard InChI is InChI=1S/C10H12F2N2O3/c1-7-2-3-9(14(16)17)8(4-7)13-5-10(11,12)6-15/h2-4,13,15H,5-6H2,1H3. The van der Waals surface area contributed by atoms with Gasteiger partial charge in [-0.15, -0.1) is 0 Å². The van der Waals surface area contributed by atoms with E-state index in [1.807, 2.05) is 0 Å². The molecular weight excluding hydrogens is 234 g/mol. The van der Waals surface area contributed by atoms with Crippen molar-refractivity contribution in [2.75, 3.05) is 18.5 Å². The Balaban J connectivity index is 2.89. The molecule has 0 heterocycles. The predicted molar refractivity (Wildman–Crippen MR) is 58.4 cm³/mol. The van der Waals surface area contributed by atoms with E-state index in [0.717, 1.165) is 0 Å². The van der Waals surface area contributed by atoms with Crippen LogP contribution < -0.4 is 5.32 Å². The first-order valence-electron chi connectivity index (χ1n) is 4.83. The average molecular weight is 246 g/mol. The van der Waals surface area contributed by atoms with Gasteiger partial charge in [0.15, 0.2) is 0 Å². The Hall–Kier alpha value is -1.76. The first-order valence-corrected chi connectivity index (χ1v) is 4.83. The lowest BCUT2D eigenvalue weighted by Gasteiger charge is -2.15. The SMILES string of the molecule is Cc1ccc([N+](=O)[O-])c(NCC(F)(F)CO)c1. The van der Waals surface area contributed by atoms with Crippen LogP contribution in [0.25, 0.3) is 0 Å². The number of nitrogens with zero attached hydrogens (tertiary/aromatic N) is 1. The van der Waals surface area contributed by atoms with Crippen LogP contribution in [-0.2, 0) is 0 Å². The molecule has 0 aliphatic heterocycles. The number of alkyl halides is 2. The second kappa shape index (κ2) is 5.05. The van der Waals surface area contributed by atoms with Crippen LogP contribution in [0.2, 0.25) is 0 Å². The average Bonchev–Trinajstić information content (AvgIpc) is 2.26. The van der Waals surface area contributed by atoms with Crippen molar-refractivity contribution >= 4 is 11.4 Å². The van der Waals surface area contributed by atoms with Crippen molar-refractivity contribution < 1.29 is 18.8 Å². The maximum Gasteiger partial charge on any atom is 0.292 e. The van der Waals surface area contributed by atoms with Gasteiger partial charge in [0.25, 0.3) is 11.6 Å². The van der Waals surface area contributed by atoms with Gasteiger partial charge in [0.05, 0.1) is 11.5 Å². The number of anilines is 1. The van der Waals surface area contributed by atoms with E-state index in [9.17, 15) is 18.9 Å². The van der Waals surface area contributed by atoms with E-state index in [0.29, 0.717) is 5.56 Å². The van der Waals surface area contributed by atoms with Gasteiger partial charge in [-0.3, -0.25) is 10.1 Å². The smallest absolute Gasteiger partial charge is 0.292 e. The lowest BCUT2D eigenvalue weighted by Crippen LogP contribution is -2.31.